The minimum Gasteiger partial charge on any atom is -0.468 e. The number of nitrogens with zero attached hydrogens (tertiary/aromatic N) is 1. The fraction of sp³-hybridized carbons (Fsp3) is 0.333. The predicted octanol–water partition coefficient (Wildman–Crippen LogP) is 3.08. The van der Waals surface area contributed by atoms with Gasteiger partial charge in [-0.15, -0.1) is 0 Å². The average molecular weight is 280 g/mol. The largest absolute Gasteiger partial charge is 0.468 e. The molecule has 0 bridgehead atoms. The van der Waals surface area contributed by atoms with Crippen molar-refractivity contribution in [3.05, 3.63) is 59.6 Å². The lowest BCUT2D eigenvalue weighted by Gasteiger charge is -2.29. The molecule has 2 rings (SSSR count). The molecular weight excluding hydrogens is 262 g/mol. The second-order valence-corrected chi connectivity index (χ2v) is 4.54. The Balaban J connectivity index is 2.27. The SMILES string of the molecule is CCN(Cc1ccco1)C(CN)c1cccc(F)c1F. The van der Waals surface area contributed by atoms with Gasteiger partial charge in [0, 0.05) is 12.1 Å². The van der Waals surface area contributed by atoms with E-state index in [2.05, 4.69) is 0 Å². The van der Waals surface area contributed by atoms with Gasteiger partial charge in [-0.3, -0.25) is 4.90 Å². The smallest absolute Gasteiger partial charge is 0.163 e. The molecule has 3 nitrogen and oxygen atoms in total. The van der Waals surface area contributed by atoms with Gasteiger partial charge < -0.3 is 10.2 Å². The molecule has 0 fully saturated rings. The lowest BCUT2D eigenvalue weighted by atomic mass is 10.0. The van der Waals surface area contributed by atoms with Crippen molar-refractivity contribution in [3.63, 3.8) is 0 Å². The summed E-state index contributed by atoms with van der Waals surface area (Å²) in [7, 11) is 0. The average Bonchev–Trinajstić information content (AvgIpc) is 2.96. The first-order valence-corrected chi connectivity index (χ1v) is 6.57. The molecule has 0 aliphatic carbocycles. The highest BCUT2D eigenvalue weighted by atomic mass is 19.2. The van der Waals surface area contributed by atoms with E-state index in [0.29, 0.717) is 13.1 Å². The Morgan fingerprint density at radius 1 is 1.25 bits per heavy atom. The van der Waals surface area contributed by atoms with Gasteiger partial charge in [0.15, 0.2) is 11.6 Å². The fourth-order valence-electron chi connectivity index (χ4n) is 2.30. The Bertz CT molecular complexity index is 543. The molecule has 20 heavy (non-hydrogen) atoms. The first-order valence-electron chi connectivity index (χ1n) is 6.57. The minimum atomic E-state index is -0.852. The standard InChI is InChI=1S/C15H18F2N2O/c1-2-19(10-11-5-4-8-20-11)14(9-18)12-6-3-7-13(16)15(12)17/h3-8,14H,2,9-10,18H2,1H3. The van der Waals surface area contributed by atoms with Gasteiger partial charge in [0.05, 0.1) is 18.8 Å². The van der Waals surface area contributed by atoms with E-state index in [1.54, 1.807) is 18.4 Å². The highest BCUT2D eigenvalue weighted by molar-refractivity contribution is 5.23. The highest BCUT2D eigenvalue weighted by Gasteiger charge is 2.23. The van der Waals surface area contributed by atoms with Crippen LogP contribution >= 0.6 is 0 Å². The third-order valence-electron chi connectivity index (χ3n) is 3.35. The molecule has 0 spiro atoms. The van der Waals surface area contributed by atoms with Crippen molar-refractivity contribution in [1.29, 1.82) is 0 Å². The number of nitrogens with two attached hydrogens (primary N) is 1. The number of hydrogen-bond donors (Lipinski definition) is 1. The summed E-state index contributed by atoms with van der Waals surface area (Å²) < 4.78 is 32.6. The maximum atomic E-state index is 13.9. The van der Waals surface area contributed by atoms with Gasteiger partial charge in [0.25, 0.3) is 0 Å². The normalized spacial score (nSPS) is 12.8. The summed E-state index contributed by atoms with van der Waals surface area (Å²) in [6, 6.07) is 7.43. The summed E-state index contributed by atoms with van der Waals surface area (Å²) in [4.78, 5) is 1.96. The molecule has 0 aliphatic heterocycles. The molecule has 1 unspecified atom stereocenters. The van der Waals surface area contributed by atoms with Crippen LogP contribution in [0.5, 0.6) is 0 Å². The zero-order valence-electron chi connectivity index (χ0n) is 11.4. The molecule has 1 aromatic heterocycles. The Hall–Kier alpha value is -1.72. The lowest BCUT2D eigenvalue weighted by molar-refractivity contribution is 0.183. The molecule has 2 N–H and O–H groups in total. The summed E-state index contributed by atoms with van der Waals surface area (Å²) >= 11 is 0. The van der Waals surface area contributed by atoms with E-state index in [9.17, 15) is 8.78 Å². The number of hydrogen-bond acceptors (Lipinski definition) is 3. The molecule has 0 aliphatic rings. The van der Waals surface area contributed by atoms with Crippen LogP contribution in [0, 0.1) is 11.6 Å². The highest BCUT2D eigenvalue weighted by Crippen LogP contribution is 2.25. The molecular formula is C15H18F2N2O. The Kier molecular flexibility index (Phi) is 4.87. The number of likely N-dealkylation sites (N-methyl/N-ethyl adjacent to an activating group) is 1. The van der Waals surface area contributed by atoms with Crippen LogP contribution in [0.15, 0.2) is 41.0 Å². The first kappa shape index (κ1) is 14.7. The van der Waals surface area contributed by atoms with Crippen molar-refractivity contribution in [2.45, 2.75) is 19.5 Å². The summed E-state index contributed by atoms with van der Waals surface area (Å²) in [6.45, 7) is 3.30. The Labute approximate surface area is 117 Å². The number of rotatable bonds is 6. The zero-order valence-corrected chi connectivity index (χ0v) is 11.4. The van der Waals surface area contributed by atoms with Crippen LogP contribution < -0.4 is 5.73 Å². The van der Waals surface area contributed by atoms with Crippen LogP contribution in [0.4, 0.5) is 8.78 Å². The van der Waals surface area contributed by atoms with Gasteiger partial charge in [-0.05, 0) is 24.7 Å². The second-order valence-electron chi connectivity index (χ2n) is 4.54. The maximum absolute atomic E-state index is 13.9. The molecule has 2 aromatic rings. The van der Waals surface area contributed by atoms with Crippen molar-refractivity contribution in [2.24, 2.45) is 5.73 Å². The third-order valence-corrected chi connectivity index (χ3v) is 3.35. The molecule has 0 saturated heterocycles. The molecule has 1 aromatic carbocycles. The molecule has 0 radical (unpaired) electrons. The monoisotopic (exact) mass is 280 g/mol. The van der Waals surface area contributed by atoms with Crippen LogP contribution in [0.3, 0.4) is 0 Å². The molecule has 108 valence electrons. The fourth-order valence-corrected chi connectivity index (χ4v) is 2.30. The van der Waals surface area contributed by atoms with Crippen molar-refractivity contribution in [3.8, 4) is 0 Å². The van der Waals surface area contributed by atoms with Gasteiger partial charge in [-0.2, -0.15) is 0 Å². The van der Waals surface area contributed by atoms with Crippen LogP contribution in [0.25, 0.3) is 0 Å². The summed E-state index contributed by atoms with van der Waals surface area (Å²) in [6.07, 6.45) is 1.59. The van der Waals surface area contributed by atoms with Crippen molar-refractivity contribution in [2.75, 3.05) is 13.1 Å². The van der Waals surface area contributed by atoms with E-state index in [0.717, 1.165) is 11.8 Å². The van der Waals surface area contributed by atoms with Crippen molar-refractivity contribution >= 4 is 0 Å². The van der Waals surface area contributed by atoms with Crippen LogP contribution in [0.1, 0.15) is 24.3 Å². The third kappa shape index (κ3) is 3.05. The summed E-state index contributed by atoms with van der Waals surface area (Å²) in [5.41, 5.74) is 6.05. The van der Waals surface area contributed by atoms with Crippen LogP contribution in [-0.4, -0.2) is 18.0 Å². The van der Waals surface area contributed by atoms with E-state index >= 15 is 0 Å². The lowest BCUT2D eigenvalue weighted by Crippen LogP contribution is -2.34. The summed E-state index contributed by atoms with van der Waals surface area (Å²) in [5, 5.41) is 0. The zero-order chi connectivity index (χ0) is 14.5. The second kappa shape index (κ2) is 6.63. The minimum absolute atomic E-state index is 0.203. The summed E-state index contributed by atoms with van der Waals surface area (Å²) in [5.74, 6) is -0.919. The molecule has 5 heteroatoms. The molecule has 0 saturated carbocycles. The van der Waals surface area contributed by atoms with Crippen molar-refractivity contribution < 1.29 is 13.2 Å². The van der Waals surface area contributed by atoms with E-state index in [1.165, 1.54) is 6.07 Å². The molecule has 0 amide bonds. The quantitative estimate of drug-likeness (QED) is 0.884. The number of halogens is 2. The van der Waals surface area contributed by atoms with E-state index in [1.807, 2.05) is 17.9 Å². The molecule has 1 atom stereocenters. The van der Waals surface area contributed by atoms with Gasteiger partial charge in [-0.25, -0.2) is 8.78 Å². The maximum Gasteiger partial charge on any atom is 0.163 e. The van der Waals surface area contributed by atoms with E-state index < -0.39 is 11.6 Å². The predicted molar refractivity (Wildman–Crippen MR) is 72.9 cm³/mol. The van der Waals surface area contributed by atoms with Gasteiger partial charge in [0.1, 0.15) is 5.76 Å². The molecule has 1 heterocycles. The van der Waals surface area contributed by atoms with E-state index in [-0.39, 0.29) is 18.2 Å². The van der Waals surface area contributed by atoms with Gasteiger partial charge in [-0.1, -0.05) is 19.1 Å². The number of benzene rings is 1. The van der Waals surface area contributed by atoms with Crippen LogP contribution in [0.2, 0.25) is 0 Å². The van der Waals surface area contributed by atoms with Gasteiger partial charge >= 0.3 is 0 Å². The number of furan rings is 1. The topological polar surface area (TPSA) is 42.4 Å². The van der Waals surface area contributed by atoms with Crippen molar-refractivity contribution in [1.82, 2.24) is 4.90 Å². The first-order chi connectivity index (χ1) is 9.67. The van der Waals surface area contributed by atoms with Crippen LogP contribution in [-0.2, 0) is 6.54 Å². The van der Waals surface area contributed by atoms with Gasteiger partial charge in [0.2, 0.25) is 0 Å². The Morgan fingerprint density at radius 3 is 2.65 bits per heavy atom. The Morgan fingerprint density at radius 2 is 2.05 bits per heavy atom. The van der Waals surface area contributed by atoms with E-state index in [4.69, 9.17) is 10.2 Å².